The number of nitro groups is 1. The summed E-state index contributed by atoms with van der Waals surface area (Å²) >= 11 is 1.29. The lowest BCUT2D eigenvalue weighted by molar-refractivity contribution is -0.386. The van der Waals surface area contributed by atoms with E-state index in [-0.39, 0.29) is 12.2 Å². The second-order valence-electron chi connectivity index (χ2n) is 6.90. The van der Waals surface area contributed by atoms with Crippen LogP contribution in [0.1, 0.15) is 48.1 Å². The summed E-state index contributed by atoms with van der Waals surface area (Å²) in [6, 6.07) is 6.92. The van der Waals surface area contributed by atoms with Gasteiger partial charge in [0.2, 0.25) is 0 Å². The van der Waals surface area contributed by atoms with Crippen molar-refractivity contribution in [2.24, 2.45) is 5.73 Å². The summed E-state index contributed by atoms with van der Waals surface area (Å²) in [5, 5.41) is 18.7. The number of aromatic nitrogens is 2. The molecule has 10 heteroatoms. The molecule has 156 valence electrons. The molecule has 0 radical (unpaired) electrons. The Morgan fingerprint density at radius 1 is 1.23 bits per heavy atom. The molecule has 0 aliphatic heterocycles. The third-order valence-electron chi connectivity index (χ3n) is 4.97. The highest BCUT2D eigenvalue weighted by Crippen LogP contribution is 2.32. The molecule has 0 saturated carbocycles. The van der Waals surface area contributed by atoms with Gasteiger partial charge in [0.1, 0.15) is 16.4 Å². The number of carbonyl (C=O) groups is 2. The van der Waals surface area contributed by atoms with Gasteiger partial charge in [0.25, 0.3) is 11.8 Å². The number of nitrogens with one attached hydrogen (secondary N) is 1. The van der Waals surface area contributed by atoms with E-state index in [2.05, 4.69) is 10.4 Å². The first-order valence-corrected chi connectivity index (χ1v) is 9.90. The lowest BCUT2D eigenvalue weighted by atomic mass is 10.1. The molecule has 3 N–H and O–H groups in total. The van der Waals surface area contributed by atoms with Crippen LogP contribution in [0.3, 0.4) is 0 Å². The predicted octanol–water partition coefficient (Wildman–Crippen LogP) is 3.49. The number of thiophene rings is 1. The highest BCUT2D eigenvalue weighted by atomic mass is 32.1. The van der Waals surface area contributed by atoms with E-state index < -0.39 is 16.7 Å². The summed E-state index contributed by atoms with van der Waals surface area (Å²) in [7, 11) is 0. The molecule has 0 aliphatic carbocycles. The van der Waals surface area contributed by atoms with Crippen LogP contribution < -0.4 is 11.1 Å². The Bertz CT molecular complexity index is 1180. The lowest BCUT2D eigenvalue weighted by Gasteiger charge is -2.11. The second-order valence-corrected chi connectivity index (χ2v) is 8.12. The number of amides is 2. The van der Waals surface area contributed by atoms with E-state index >= 15 is 0 Å². The minimum Gasteiger partial charge on any atom is -0.365 e. The highest BCUT2D eigenvalue weighted by molar-refractivity contribution is 7.16. The smallest absolute Gasteiger partial charge is 0.312 e. The van der Waals surface area contributed by atoms with Crippen LogP contribution in [0.15, 0.2) is 24.3 Å². The Labute approximate surface area is 176 Å². The monoisotopic (exact) mass is 427 g/mol. The normalized spacial score (nSPS) is 10.8. The molecule has 0 unspecified atom stereocenters. The zero-order valence-corrected chi connectivity index (χ0v) is 17.8. The van der Waals surface area contributed by atoms with E-state index in [1.165, 1.54) is 16.0 Å². The number of benzene rings is 1. The van der Waals surface area contributed by atoms with E-state index in [1.807, 2.05) is 6.92 Å². The summed E-state index contributed by atoms with van der Waals surface area (Å²) in [6.45, 7) is 7.02. The quantitative estimate of drug-likeness (QED) is 0.459. The van der Waals surface area contributed by atoms with Gasteiger partial charge < -0.3 is 11.1 Å². The molecule has 3 aromatic rings. The van der Waals surface area contributed by atoms with Crippen LogP contribution >= 0.6 is 11.3 Å². The van der Waals surface area contributed by atoms with Gasteiger partial charge in [-0.05, 0) is 44.9 Å². The van der Waals surface area contributed by atoms with Crippen LogP contribution in [0.25, 0.3) is 0 Å². The molecular weight excluding hydrogens is 406 g/mol. The van der Waals surface area contributed by atoms with Gasteiger partial charge in [0.15, 0.2) is 0 Å². The molecule has 30 heavy (non-hydrogen) atoms. The number of hydrogen-bond donors (Lipinski definition) is 2. The fourth-order valence-corrected chi connectivity index (χ4v) is 4.39. The van der Waals surface area contributed by atoms with Crippen molar-refractivity contribution in [3.63, 3.8) is 0 Å². The van der Waals surface area contributed by atoms with Gasteiger partial charge in [-0.3, -0.25) is 24.4 Å². The maximum absolute atomic E-state index is 13.0. The van der Waals surface area contributed by atoms with Crippen molar-refractivity contribution in [2.75, 3.05) is 5.32 Å². The average molecular weight is 427 g/mol. The molecule has 0 bridgehead atoms. The van der Waals surface area contributed by atoms with Crippen LogP contribution in [0.5, 0.6) is 0 Å². The third-order valence-corrected chi connectivity index (χ3v) is 6.09. The topological polar surface area (TPSA) is 133 Å². The average Bonchev–Trinajstić information content (AvgIpc) is 3.10. The Kier molecular flexibility index (Phi) is 5.70. The Morgan fingerprint density at radius 2 is 1.90 bits per heavy atom. The molecule has 0 atom stereocenters. The van der Waals surface area contributed by atoms with Crippen molar-refractivity contribution in [1.82, 2.24) is 9.78 Å². The van der Waals surface area contributed by atoms with Gasteiger partial charge in [0, 0.05) is 10.4 Å². The first kappa shape index (κ1) is 21.2. The summed E-state index contributed by atoms with van der Waals surface area (Å²) in [5.41, 5.74) is 8.24. The maximum atomic E-state index is 13.0. The Balaban J connectivity index is 1.94. The van der Waals surface area contributed by atoms with Gasteiger partial charge >= 0.3 is 5.69 Å². The van der Waals surface area contributed by atoms with Crippen molar-refractivity contribution in [3.8, 4) is 0 Å². The molecule has 0 aliphatic rings. The molecule has 3 rings (SSSR count). The van der Waals surface area contributed by atoms with Crippen LogP contribution in [0, 0.1) is 37.8 Å². The van der Waals surface area contributed by atoms with Crippen LogP contribution in [0.4, 0.5) is 10.7 Å². The number of rotatable bonds is 6. The number of nitrogens with zero attached hydrogens (tertiary/aromatic N) is 3. The first-order valence-electron chi connectivity index (χ1n) is 9.09. The van der Waals surface area contributed by atoms with Gasteiger partial charge in [-0.25, -0.2) is 0 Å². The van der Waals surface area contributed by atoms with Gasteiger partial charge in [0.05, 0.1) is 17.0 Å². The highest BCUT2D eigenvalue weighted by Gasteiger charge is 2.24. The van der Waals surface area contributed by atoms with Crippen molar-refractivity contribution in [1.29, 1.82) is 0 Å². The molecule has 2 aromatic heterocycles. The number of hydrogen-bond acceptors (Lipinski definition) is 6. The van der Waals surface area contributed by atoms with Crippen LogP contribution in [0.2, 0.25) is 0 Å². The lowest BCUT2D eigenvalue weighted by Crippen LogP contribution is -2.19. The molecule has 0 fully saturated rings. The fourth-order valence-electron chi connectivity index (χ4n) is 3.33. The number of anilines is 1. The minimum atomic E-state index is -0.601. The standard InChI is InChI=1S/C20H21N5O4S/c1-10-13(4)30-20(16(10)18(21)26)22-19(27)15-8-6-5-7-14(15)9-24-12(3)17(25(28)29)11(2)23-24/h5-8H,9H2,1-4H3,(H2,21,26)(H,22,27). The Morgan fingerprint density at radius 3 is 2.50 bits per heavy atom. The number of carbonyl (C=O) groups excluding carboxylic acids is 2. The number of aryl methyl sites for hydroxylation is 2. The molecular formula is C20H21N5O4S. The van der Waals surface area contributed by atoms with Crippen molar-refractivity contribution < 1.29 is 14.5 Å². The Hall–Kier alpha value is -3.53. The van der Waals surface area contributed by atoms with Crippen molar-refractivity contribution >= 4 is 33.8 Å². The predicted molar refractivity (Wildman–Crippen MR) is 114 cm³/mol. The van der Waals surface area contributed by atoms with E-state index in [9.17, 15) is 19.7 Å². The largest absolute Gasteiger partial charge is 0.365 e. The molecule has 1 aromatic carbocycles. The first-order chi connectivity index (χ1) is 14.1. The van der Waals surface area contributed by atoms with E-state index in [1.54, 1.807) is 45.0 Å². The van der Waals surface area contributed by atoms with Gasteiger partial charge in [-0.2, -0.15) is 5.10 Å². The van der Waals surface area contributed by atoms with E-state index in [0.717, 1.165) is 10.4 Å². The van der Waals surface area contributed by atoms with Crippen LogP contribution in [-0.4, -0.2) is 26.5 Å². The van der Waals surface area contributed by atoms with E-state index in [4.69, 9.17) is 5.73 Å². The number of primary amides is 1. The summed E-state index contributed by atoms with van der Waals surface area (Å²) in [4.78, 5) is 36.5. The molecule has 0 saturated heterocycles. The fraction of sp³-hybridized carbons (Fsp3) is 0.250. The number of nitrogens with two attached hydrogens (primary N) is 1. The molecule has 2 amide bonds. The van der Waals surface area contributed by atoms with Crippen LogP contribution in [-0.2, 0) is 6.54 Å². The molecule has 2 heterocycles. The van der Waals surface area contributed by atoms with Gasteiger partial charge in [-0.15, -0.1) is 11.3 Å². The summed E-state index contributed by atoms with van der Waals surface area (Å²) in [6.07, 6.45) is 0. The third kappa shape index (κ3) is 3.81. The van der Waals surface area contributed by atoms with E-state index in [0.29, 0.717) is 33.1 Å². The SMILES string of the molecule is Cc1nn(Cc2ccccc2C(=O)Nc2sc(C)c(C)c2C(N)=O)c(C)c1[N+](=O)[O-]. The van der Waals surface area contributed by atoms with Gasteiger partial charge in [-0.1, -0.05) is 18.2 Å². The zero-order chi connectivity index (χ0) is 22.2. The van der Waals surface area contributed by atoms with Crippen molar-refractivity contribution in [2.45, 2.75) is 34.2 Å². The molecule has 0 spiro atoms. The maximum Gasteiger partial charge on any atom is 0.312 e. The van der Waals surface area contributed by atoms with Crippen molar-refractivity contribution in [3.05, 3.63) is 72.9 Å². The second kappa shape index (κ2) is 8.07. The summed E-state index contributed by atoms with van der Waals surface area (Å²) < 4.78 is 1.51. The zero-order valence-electron chi connectivity index (χ0n) is 17.0. The minimum absolute atomic E-state index is 0.0347. The summed E-state index contributed by atoms with van der Waals surface area (Å²) in [5.74, 6) is -0.999. The molecule has 9 nitrogen and oxygen atoms in total.